The summed E-state index contributed by atoms with van der Waals surface area (Å²) in [7, 11) is 1.17. The summed E-state index contributed by atoms with van der Waals surface area (Å²) in [6, 6.07) is 1.95. The number of benzene rings is 1. The number of methoxy groups -OCH3 is 1. The molecule has 0 aromatic heterocycles. The number of halogens is 4. The summed E-state index contributed by atoms with van der Waals surface area (Å²) in [5.74, 6) is -4.43. The highest BCUT2D eigenvalue weighted by Gasteiger charge is 2.48. The van der Waals surface area contributed by atoms with Crippen molar-refractivity contribution in [2.24, 2.45) is 0 Å². The van der Waals surface area contributed by atoms with E-state index in [4.69, 9.17) is 4.74 Å². The zero-order valence-electron chi connectivity index (χ0n) is 9.78. The molecule has 1 heterocycles. The number of amides is 1. The van der Waals surface area contributed by atoms with E-state index in [2.05, 4.69) is 4.74 Å². The van der Waals surface area contributed by atoms with Gasteiger partial charge in [0.15, 0.2) is 18.2 Å². The lowest BCUT2D eigenvalue weighted by atomic mass is 9.99. The summed E-state index contributed by atoms with van der Waals surface area (Å²) in [5.41, 5.74) is -0.126. The molecule has 1 saturated heterocycles. The van der Waals surface area contributed by atoms with Crippen molar-refractivity contribution in [2.75, 3.05) is 13.7 Å². The fourth-order valence-electron chi connectivity index (χ4n) is 1.78. The number of hydrogen-bond donors (Lipinski definition) is 1. The molecule has 0 unspecified atom stereocenters. The molecule has 0 radical (unpaired) electrons. The second-order valence-corrected chi connectivity index (χ2v) is 3.78. The summed E-state index contributed by atoms with van der Waals surface area (Å²) in [5, 5.41) is 1.97. The zero-order valence-corrected chi connectivity index (χ0v) is 10.6. The predicted molar refractivity (Wildman–Crippen MR) is 62.4 cm³/mol. The van der Waals surface area contributed by atoms with E-state index < -0.39 is 30.5 Å². The topological polar surface area (TPSA) is 47.6 Å². The fourth-order valence-corrected chi connectivity index (χ4v) is 1.78. The van der Waals surface area contributed by atoms with Gasteiger partial charge >= 0.3 is 12.0 Å². The highest BCUT2D eigenvalue weighted by atomic mass is 35.5. The van der Waals surface area contributed by atoms with Crippen LogP contribution in [0, 0.1) is 5.82 Å². The van der Waals surface area contributed by atoms with Crippen LogP contribution in [0.2, 0.25) is 0 Å². The van der Waals surface area contributed by atoms with Gasteiger partial charge in [-0.25, -0.2) is 18.0 Å². The maximum Gasteiger partial charge on any atom is 0.408 e. The van der Waals surface area contributed by atoms with Crippen LogP contribution in [-0.2, 0) is 4.74 Å². The molecule has 106 valence electrons. The lowest BCUT2D eigenvalue weighted by Gasteiger charge is -2.32. The Morgan fingerprint density at radius 2 is 2.16 bits per heavy atom. The standard InChI is InChI=1S/C11H10F3NO3.ClH/c1-17-8-6(3-2-4-7(8)12)9-11(13,14)5-18-10(16)15-9;/h2-4,9H,5H2,1H3,(H,15,16);1H/t9-;/m1./s1. The Morgan fingerprint density at radius 1 is 1.47 bits per heavy atom. The summed E-state index contributed by atoms with van der Waals surface area (Å²) < 4.78 is 49.7. The van der Waals surface area contributed by atoms with Crippen LogP contribution in [0.4, 0.5) is 18.0 Å². The van der Waals surface area contributed by atoms with Gasteiger partial charge in [0.05, 0.1) is 7.11 Å². The third kappa shape index (κ3) is 2.86. The van der Waals surface area contributed by atoms with E-state index in [9.17, 15) is 18.0 Å². The number of cyclic esters (lactones) is 1. The maximum absolute atomic E-state index is 13.7. The van der Waals surface area contributed by atoms with Crippen molar-refractivity contribution in [3.63, 3.8) is 0 Å². The molecule has 0 saturated carbocycles. The minimum Gasteiger partial charge on any atom is -0.493 e. The number of rotatable bonds is 2. The lowest BCUT2D eigenvalue weighted by molar-refractivity contribution is -0.104. The van der Waals surface area contributed by atoms with Gasteiger partial charge in [-0.15, -0.1) is 12.4 Å². The van der Waals surface area contributed by atoms with Crippen molar-refractivity contribution in [3.8, 4) is 5.75 Å². The molecule has 1 aliphatic rings. The summed E-state index contributed by atoms with van der Waals surface area (Å²) in [6.45, 7) is -1.05. The van der Waals surface area contributed by atoms with Gasteiger partial charge in [0.2, 0.25) is 0 Å². The van der Waals surface area contributed by atoms with Gasteiger partial charge in [-0.1, -0.05) is 12.1 Å². The number of hydrogen-bond acceptors (Lipinski definition) is 3. The Kier molecular flexibility index (Phi) is 4.52. The van der Waals surface area contributed by atoms with Gasteiger partial charge in [0, 0.05) is 5.56 Å². The number of ether oxygens (including phenoxy) is 2. The number of para-hydroxylation sites is 1. The minimum atomic E-state index is -3.34. The van der Waals surface area contributed by atoms with Gasteiger partial charge in [0.25, 0.3) is 0 Å². The van der Waals surface area contributed by atoms with Gasteiger partial charge in [-0.2, -0.15) is 0 Å². The SMILES string of the molecule is COc1c(F)cccc1[C@H]1NC(=O)OCC1(F)F.Cl. The molecule has 8 heteroatoms. The molecule has 4 nitrogen and oxygen atoms in total. The molecule has 1 atom stereocenters. The van der Waals surface area contributed by atoms with Gasteiger partial charge in [0.1, 0.15) is 6.04 Å². The Morgan fingerprint density at radius 3 is 2.79 bits per heavy atom. The van der Waals surface area contributed by atoms with E-state index in [0.717, 1.165) is 6.07 Å². The molecule has 0 spiro atoms. The van der Waals surface area contributed by atoms with Crippen LogP contribution in [0.25, 0.3) is 0 Å². The molecular formula is C11H11ClF3NO3. The van der Waals surface area contributed by atoms with E-state index in [-0.39, 0.29) is 23.7 Å². The first-order valence-corrected chi connectivity index (χ1v) is 5.09. The first-order chi connectivity index (χ1) is 8.45. The lowest BCUT2D eigenvalue weighted by Crippen LogP contribution is -2.49. The van der Waals surface area contributed by atoms with E-state index in [1.54, 1.807) is 0 Å². The second-order valence-electron chi connectivity index (χ2n) is 3.78. The third-order valence-electron chi connectivity index (χ3n) is 2.59. The molecule has 0 aliphatic carbocycles. The average molecular weight is 298 g/mol. The monoisotopic (exact) mass is 297 g/mol. The van der Waals surface area contributed by atoms with Gasteiger partial charge in [-0.05, 0) is 6.07 Å². The van der Waals surface area contributed by atoms with Crippen LogP contribution in [0.1, 0.15) is 11.6 Å². The molecule has 1 amide bonds. The average Bonchev–Trinajstić information content (AvgIpc) is 2.32. The molecular weight excluding hydrogens is 287 g/mol. The van der Waals surface area contributed by atoms with E-state index in [0.29, 0.717) is 0 Å². The van der Waals surface area contributed by atoms with Crippen molar-refractivity contribution >= 4 is 18.5 Å². The molecule has 2 rings (SSSR count). The number of alkyl halides is 2. The number of carbonyl (C=O) groups excluding carboxylic acids is 1. The minimum absolute atomic E-state index is 0. The van der Waals surface area contributed by atoms with E-state index in [1.165, 1.54) is 19.2 Å². The molecule has 19 heavy (non-hydrogen) atoms. The summed E-state index contributed by atoms with van der Waals surface area (Å²) in [4.78, 5) is 11.0. The van der Waals surface area contributed by atoms with Crippen molar-refractivity contribution in [1.82, 2.24) is 5.32 Å². The van der Waals surface area contributed by atoms with Crippen molar-refractivity contribution in [3.05, 3.63) is 29.6 Å². The van der Waals surface area contributed by atoms with Gasteiger partial charge in [-0.3, -0.25) is 0 Å². The Balaban J connectivity index is 0.00000180. The van der Waals surface area contributed by atoms with Crippen LogP contribution < -0.4 is 10.1 Å². The Bertz CT molecular complexity index is 484. The van der Waals surface area contributed by atoms with Crippen molar-refractivity contribution in [1.29, 1.82) is 0 Å². The summed E-state index contributed by atoms with van der Waals surface area (Å²) in [6.07, 6.45) is -0.975. The normalized spacial score (nSPS) is 20.8. The molecule has 1 fully saturated rings. The van der Waals surface area contributed by atoms with Crippen LogP contribution in [0.15, 0.2) is 18.2 Å². The molecule has 1 aliphatic heterocycles. The molecule has 1 N–H and O–H groups in total. The molecule has 1 aromatic rings. The van der Waals surface area contributed by atoms with E-state index >= 15 is 0 Å². The first kappa shape index (κ1) is 15.4. The highest BCUT2D eigenvalue weighted by molar-refractivity contribution is 5.85. The number of alkyl carbamates (subject to hydrolysis) is 1. The van der Waals surface area contributed by atoms with Crippen molar-refractivity contribution in [2.45, 2.75) is 12.0 Å². The quantitative estimate of drug-likeness (QED) is 0.913. The zero-order chi connectivity index (χ0) is 13.3. The van der Waals surface area contributed by atoms with Crippen LogP contribution >= 0.6 is 12.4 Å². The Labute approximate surface area is 113 Å². The number of nitrogens with one attached hydrogen (secondary N) is 1. The Hall–Kier alpha value is -1.63. The van der Waals surface area contributed by atoms with Crippen LogP contribution in [0.3, 0.4) is 0 Å². The second kappa shape index (κ2) is 5.56. The molecule has 1 aromatic carbocycles. The molecule has 0 bridgehead atoms. The largest absolute Gasteiger partial charge is 0.493 e. The number of carbonyl (C=O) groups is 1. The fraction of sp³-hybridized carbons (Fsp3) is 0.364. The summed E-state index contributed by atoms with van der Waals surface area (Å²) >= 11 is 0. The van der Waals surface area contributed by atoms with Crippen LogP contribution in [-0.4, -0.2) is 25.7 Å². The third-order valence-corrected chi connectivity index (χ3v) is 2.59. The van der Waals surface area contributed by atoms with E-state index in [1.807, 2.05) is 5.32 Å². The predicted octanol–water partition coefficient (Wildman–Crippen LogP) is 2.67. The van der Waals surface area contributed by atoms with Gasteiger partial charge < -0.3 is 14.8 Å². The smallest absolute Gasteiger partial charge is 0.408 e. The first-order valence-electron chi connectivity index (χ1n) is 5.09. The maximum atomic E-state index is 13.7. The van der Waals surface area contributed by atoms with Crippen LogP contribution in [0.5, 0.6) is 5.75 Å². The van der Waals surface area contributed by atoms with Crippen molar-refractivity contribution < 1.29 is 27.4 Å². The highest BCUT2D eigenvalue weighted by Crippen LogP contribution is 2.39.